The first kappa shape index (κ1) is 25.3. The van der Waals surface area contributed by atoms with Crippen molar-refractivity contribution in [2.45, 2.75) is 31.3 Å². The number of amides is 1. The minimum absolute atomic E-state index is 0.00667. The highest BCUT2D eigenvalue weighted by molar-refractivity contribution is 6.31. The van der Waals surface area contributed by atoms with Gasteiger partial charge >= 0.3 is 12.1 Å². The van der Waals surface area contributed by atoms with Crippen LogP contribution in [0.2, 0.25) is 5.02 Å². The fourth-order valence-electron chi connectivity index (χ4n) is 4.27. The molecule has 1 saturated carbocycles. The summed E-state index contributed by atoms with van der Waals surface area (Å²) < 4.78 is 35.3. The number of nitrogens with one attached hydrogen (secondary N) is 1. The zero-order valence-corrected chi connectivity index (χ0v) is 20.7. The highest BCUT2D eigenvalue weighted by Crippen LogP contribution is 2.49. The number of ether oxygens (including phenoxy) is 1. The van der Waals surface area contributed by atoms with Crippen molar-refractivity contribution in [3.63, 3.8) is 0 Å². The van der Waals surface area contributed by atoms with Crippen molar-refractivity contribution in [3.05, 3.63) is 94.8 Å². The summed E-state index contributed by atoms with van der Waals surface area (Å²) >= 11 is 6.15. The van der Waals surface area contributed by atoms with E-state index in [0.29, 0.717) is 40.4 Å². The highest BCUT2D eigenvalue weighted by atomic mass is 35.5. The van der Waals surface area contributed by atoms with E-state index in [-0.39, 0.29) is 11.4 Å². The first-order valence-corrected chi connectivity index (χ1v) is 12.0. The number of hydrogen-bond donors (Lipinski definition) is 2. The zero-order valence-electron chi connectivity index (χ0n) is 20.0. The van der Waals surface area contributed by atoms with Gasteiger partial charge in [-0.2, -0.15) is 4.39 Å². The van der Waals surface area contributed by atoms with Gasteiger partial charge in [-0.25, -0.2) is 13.9 Å². The van der Waals surface area contributed by atoms with Gasteiger partial charge in [0.1, 0.15) is 17.7 Å². The Morgan fingerprint density at radius 3 is 2.53 bits per heavy atom. The maximum atomic E-state index is 14.8. The Kier molecular flexibility index (Phi) is 6.58. The number of pyridine rings is 1. The summed E-state index contributed by atoms with van der Waals surface area (Å²) in [4.78, 5) is 28.3. The van der Waals surface area contributed by atoms with Crippen LogP contribution in [0.25, 0.3) is 16.9 Å². The van der Waals surface area contributed by atoms with E-state index < -0.39 is 35.3 Å². The lowest BCUT2D eigenvalue weighted by atomic mass is 9.94. The molecule has 2 aromatic carbocycles. The van der Waals surface area contributed by atoms with Crippen molar-refractivity contribution in [3.8, 4) is 16.9 Å². The summed E-state index contributed by atoms with van der Waals surface area (Å²) in [5.74, 6) is -2.48. The number of rotatable bonds is 7. The van der Waals surface area contributed by atoms with E-state index in [4.69, 9.17) is 16.3 Å². The Bertz CT molecular complexity index is 1540. The van der Waals surface area contributed by atoms with Crippen LogP contribution in [0.3, 0.4) is 0 Å². The molecule has 38 heavy (non-hydrogen) atoms. The number of anilines is 1. The Morgan fingerprint density at radius 1 is 1.13 bits per heavy atom. The Balaban J connectivity index is 1.32. The van der Waals surface area contributed by atoms with Gasteiger partial charge in [-0.1, -0.05) is 41.9 Å². The number of aliphatic carboxylic acids is 1. The molecule has 8 nitrogen and oxygen atoms in total. The second-order valence-corrected chi connectivity index (χ2v) is 9.35. The zero-order chi connectivity index (χ0) is 27.0. The van der Waals surface area contributed by atoms with Crippen molar-refractivity contribution in [1.82, 2.24) is 14.8 Å². The number of carbonyl (C=O) groups is 2. The summed E-state index contributed by atoms with van der Waals surface area (Å²) in [6, 6.07) is 15.4. The second kappa shape index (κ2) is 9.86. The lowest BCUT2D eigenvalue weighted by molar-refractivity contribution is -0.140. The average molecular weight is 539 g/mol. The second-order valence-electron chi connectivity index (χ2n) is 8.94. The van der Waals surface area contributed by atoms with Crippen molar-refractivity contribution in [2.24, 2.45) is 0 Å². The maximum absolute atomic E-state index is 14.8. The maximum Gasteiger partial charge on any atom is 0.413 e. The molecule has 11 heteroatoms. The van der Waals surface area contributed by atoms with Crippen LogP contribution in [0.4, 0.5) is 19.4 Å². The third-order valence-electron chi connectivity index (χ3n) is 6.47. The van der Waals surface area contributed by atoms with Crippen molar-refractivity contribution in [2.75, 3.05) is 5.32 Å². The normalized spacial score (nSPS) is 14.5. The van der Waals surface area contributed by atoms with E-state index in [2.05, 4.69) is 15.4 Å². The number of nitrogens with zero attached hydrogens (tertiary/aromatic N) is 3. The molecular weight excluding hydrogens is 518 g/mol. The third kappa shape index (κ3) is 4.82. The van der Waals surface area contributed by atoms with Gasteiger partial charge in [0.25, 0.3) is 0 Å². The molecule has 1 aliphatic carbocycles. The molecular formula is C27H21ClF2N4O4. The molecule has 1 unspecified atom stereocenters. The molecule has 4 aromatic rings. The van der Waals surface area contributed by atoms with Crippen LogP contribution < -0.4 is 5.32 Å². The Labute approximate surface area is 220 Å². The molecule has 1 amide bonds. The molecule has 2 N–H and O–H groups in total. The Hall–Kier alpha value is -4.31. The van der Waals surface area contributed by atoms with Gasteiger partial charge in [-0.15, -0.1) is 5.10 Å². The van der Waals surface area contributed by atoms with Gasteiger partial charge in [0, 0.05) is 27.8 Å². The molecule has 194 valence electrons. The predicted octanol–water partition coefficient (Wildman–Crippen LogP) is 6.29. The van der Waals surface area contributed by atoms with Crippen LogP contribution in [-0.2, 0) is 14.9 Å². The van der Waals surface area contributed by atoms with E-state index in [1.807, 2.05) is 0 Å². The SMILES string of the molecule is CC(OC(=O)Nc1cc(F)nn1-c1ccc(-c2ccc(C3(C(=O)O)CC3)c(F)c2)nc1)c1ccccc1Cl. The molecule has 0 radical (unpaired) electrons. The summed E-state index contributed by atoms with van der Waals surface area (Å²) in [7, 11) is 0. The van der Waals surface area contributed by atoms with Gasteiger partial charge in [0.2, 0.25) is 5.95 Å². The van der Waals surface area contributed by atoms with E-state index in [9.17, 15) is 23.5 Å². The first-order chi connectivity index (χ1) is 18.2. The van der Waals surface area contributed by atoms with Crippen LogP contribution in [0.15, 0.2) is 66.9 Å². The smallest absolute Gasteiger partial charge is 0.413 e. The molecule has 0 spiro atoms. The fraction of sp³-hybridized carbons (Fsp3) is 0.185. The van der Waals surface area contributed by atoms with Crippen LogP contribution in [0.1, 0.15) is 37.0 Å². The minimum Gasteiger partial charge on any atom is -0.481 e. The fourth-order valence-corrected chi connectivity index (χ4v) is 4.56. The average Bonchev–Trinajstić information content (AvgIpc) is 3.61. The predicted molar refractivity (Wildman–Crippen MR) is 135 cm³/mol. The van der Waals surface area contributed by atoms with E-state index in [1.165, 1.54) is 18.3 Å². The Morgan fingerprint density at radius 2 is 1.89 bits per heavy atom. The highest BCUT2D eigenvalue weighted by Gasteiger charge is 2.53. The van der Waals surface area contributed by atoms with Crippen LogP contribution in [0, 0.1) is 11.8 Å². The molecule has 1 atom stereocenters. The number of carboxylic acids is 1. The van der Waals surface area contributed by atoms with E-state index in [1.54, 1.807) is 49.4 Å². The summed E-state index contributed by atoms with van der Waals surface area (Å²) in [6.45, 7) is 1.66. The van der Waals surface area contributed by atoms with Crippen molar-refractivity contribution in [1.29, 1.82) is 0 Å². The molecule has 1 aliphatic rings. The minimum atomic E-state index is -1.15. The van der Waals surface area contributed by atoms with E-state index in [0.717, 1.165) is 10.7 Å². The number of hydrogen-bond acceptors (Lipinski definition) is 5. The molecule has 0 saturated heterocycles. The molecule has 5 rings (SSSR count). The van der Waals surface area contributed by atoms with Gasteiger partial charge < -0.3 is 9.84 Å². The standard InChI is InChI=1S/C27H21ClF2N4O4/c1-15(18-4-2-3-5-20(18)28)38-26(37)32-24-13-23(30)33-34(24)17-7-9-22(31-14-17)16-6-8-19(21(29)12-16)27(10-11-27)25(35)36/h2-9,12-15H,10-11H2,1H3,(H,32,37)(H,35,36). The number of aromatic nitrogens is 3. The summed E-state index contributed by atoms with van der Waals surface area (Å²) in [5, 5.41) is 16.1. The number of carboxylic acid groups (broad SMARTS) is 1. The van der Waals surface area contributed by atoms with Crippen molar-refractivity contribution < 1.29 is 28.2 Å². The van der Waals surface area contributed by atoms with E-state index >= 15 is 0 Å². The lowest BCUT2D eigenvalue weighted by Gasteiger charge is -2.16. The summed E-state index contributed by atoms with van der Waals surface area (Å²) in [6.07, 6.45) is 0.677. The molecule has 0 bridgehead atoms. The molecule has 1 fully saturated rings. The van der Waals surface area contributed by atoms with Gasteiger partial charge in [-0.05, 0) is 44.0 Å². The third-order valence-corrected chi connectivity index (χ3v) is 6.81. The molecule has 2 heterocycles. The largest absolute Gasteiger partial charge is 0.481 e. The first-order valence-electron chi connectivity index (χ1n) is 11.7. The molecule has 2 aromatic heterocycles. The molecule has 0 aliphatic heterocycles. The number of carbonyl (C=O) groups excluding carboxylic acids is 1. The van der Waals surface area contributed by atoms with Gasteiger partial charge in [-0.3, -0.25) is 15.1 Å². The van der Waals surface area contributed by atoms with Crippen LogP contribution >= 0.6 is 11.6 Å². The van der Waals surface area contributed by atoms with Crippen LogP contribution in [-0.4, -0.2) is 31.9 Å². The van der Waals surface area contributed by atoms with Crippen molar-refractivity contribution >= 4 is 29.5 Å². The van der Waals surface area contributed by atoms with Crippen LogP contribution in [0.5, 0.6) is 0 Å². The summed E-state index contributed by atoms with van der Waals surface area (Å²) in [5.41, 5.74) is 0.801. The van der Waals surface area contributed by atoms with Gasteiger partial charge in [0.05, 0.1) is 23.0 Å². The topological polar surface area (TPSA) is 106 Å². The number of benzene rings is 2. The monoisotopic (exact) mass is 538 g/mol. The lowest BCUT2D eigenvalue weighted by Crippen LogP contribution is -2.20. The number of halogens is 3. The van der Waals surface area contributed by atoms with Gasteiger partial charge in [0.15, 0.2) is 0 Å². The quantitative estimate of drug-likeness (QED) is 0.286.